The standard InChI is InChI=1S/C10H17ClN4S/c1-2-15-10(8(11)5-13-15)9(14-12)7-3-4-16-6-7/h5,7,9,14H,2-4,6,12H2,1H3. The topological polar surface area (TPSA) is 55.9 Å². The van der Waals surface area contributed by atoms with E-state index in [1.807, 2.05) is 16.4 Å². The summed E-state index contributed by atoms with van der Waals surface area (Å²) in [6, 6.07) is 0.116. The van der Waals surface area contributed by atoms with Crippen molar-refractivity contribution in [3.05, 3.63) is 16.9 Å². The number of thioether (sulfide) groups is 1. The molecule has 3 N–H and O–H groups in total. The molecule has 1 aliphatic heterocycles. The molecule has 1 saturated heterocycles. The van der Waals surface area contributed by atoms with E-state index < -0.39 is 0 Å². The number of rotatable bonds is 4. The number of nitrogens with zero attached hydrogens (tertiary/aromatic N) is 2. The van der Waals surface area contributed by atoms with Gasteiger partial charge in [-0.1, -0.05) is 11.6 Å². The molecule has 1 fully saturated rings. The van der Waals surface area contributed by atoms with Gasteiger partial charge in [-0.3, -0.25) is 16.0 Å². The molecule has 16 heavy (non-hydrogen) atoms. The third-order valence-electron chi connectivity index (χ3n) is 3.04. The molecule has 0 aromatic carbocycles. The van der Waals surface area contributed by atoms with E-state index in [9.17, 15) is 0 Å². The Balaban J connectivity index is 2.27. The molecule has 1 aliphatic rings. The second kappa shape index (κ2) is 5.40. The number of nitrogens with two attached hydrogens (primary N) is 1. The van der Waals surface area contributed by atoms with Gasteiger partial charge in [0.25, 0.3) is 0 Å². The molecular weight excluding hydrogens is 244 g/mol. The number of hydrogen-bond acceptors (Lipinski definition) is 4. The lowest BCUT2D eigenvalue weighted by atomic mass is 9.97. The summed E-state index contributed by atoms with van der Waals surface area (Å²) in [5.74, 6) is 8.58. The summed E-state index contributed by atoms with van der Waals surface area (Å²) >= 11 is 8.16. The van der Waals surface area contributed by atoms with Gasteiger partial charge in [0.05, 0.1) is 23.0 Å². The molecule has 0 amide bonds. The molecule has 90 valence electrons. The molecule has 2 rings (SSSR count). The number of nitrogens with one attached hydrogen (secondary N) is 1. The Bertz CT molecular complexity index is 349. The summed E-state index contributed by atoms with van der Waals surface area (Å²) in [4.78, 5) is 0. The van der Waals surface area contributed by atoms with Crippen LogP contribution in [0.4, 0.5) is 0 Å². The Labute approximate surface area is 105 Å². The molecule has 1 aromatic heterocycles. The maximum absolute atomic E-state index is 6.19. The first-order chi connectivity index (χ1) is 7.77. The minimum atomic E-state index is 0.116. The van der Waals surface area contributed by atoms with Gasteiger partial charge in [0.2, 0.25) is 0 Å². The van der Waals surface area contributed by atoms with Gasteiger partial charge < -0.3 is 0 Å². The van der Waals surface area contributed by atoms with Gasteiger partial charge in [-0.2, -0.15) is 16.9 Å². The highest BCUT2D eigenvalue weighted by atomic mass is 35.5. The van der Waals surface area contributed by atoms with Crippen molar-refractivity contribution >= 4 is 23.4 Å². The molecule has 0 saturated carbocycles. The lowest BCUT2D eigenvalue weighted by Crippen LogP contribution is -2.35. The van der Waals surface area contributed by atoms with Gasteiger partial charge in [-0.05, 0) is 30.8 Å². The van der Waals surface area contributed by atoms with Crippen molar-refractivity contribution in [2.24, 2.45) is 11.8 Å². The van der Waals surface area contributed by atoms with Crippen LogP contribution in [-0.2, 0) is 6.54 Å². The summed E-state index contributed by atoms with van der Waals surface area (Å²) in [5, 5.41) is 4.97. The van der Waals surface area contributed by atoms with Gasteiger partial charge in [0.15, 0.2) is 0 Å². The predicted octanol–water partition coefficient (Wildman–Crippen LogP) is 1.81. The Hall–Kier alpha value is -0.230. The van der Waals surface area contributed by atoms with E-state index in [1.54, 1.807) is 6.20 Å². The monoisotopic (exact) mass is 260 g/mol. The minimum Gasteiger partial charge on any atom is -0.271 e. The first-order valence-electron chi connectivity index (χ1n) is 5.53. The quantitative estimate of drug-likeness (QED) is 0.641. The highest BCUT2D eigenvalue weighted by Crippen LogP contribution is 2.36. The Kier molecular flexibility index (Phi) is 4.13. The van der Waals surface area contributed by atoms with E-state index in [0.29, 0.717) is 10.9 Å². The van der Waals surface area contributed by atoms with Crippen LogP contribution in [0, 0.1) is 5.92 Å². The molecule has 0 aliphatic carbocycles. The number of aromatic nitrogens is 2. The van der Waals surface area contributed by atoms with Crippen LogP contribution >= 0.6 is 23.4 Å². The summed E-state index contributed by atoms with van der Waals surface area (Å²) in [7, 11) is 0. The molecule has 2 atom stereocenters. The van der Waals surface area contributed by atoms with E-state index in [2.05, 4.69) is 17.4 Å². The van der Waals surface area contributed by atoms with Crippen LogP contribution in [0.2, 0.25) is 5.02 Å². The minimum absolute atomic E-state index is 0.116. The first kappa shape index (κ1) is 12.2. The first-order valence-corrected chi connectivity index (χ1v) is 7.06. The van der Waals surface area contributed by atoms with Gasteiger partial charge in [-0.25, -0.2) is 0 Å². The van der Waals surface area contributed by atoms with Crippen LogP contribution in [0.15, 0.2) is 6.20 Å². The van der Waals surface area contributed by atoms with Crippen molar-refractivity contribution in [1.82, 2.24) is 15.2 Å². The maximum Gasteiger partial charge on any atom is 0.0834 e. The van der Waals surface area contributed by atoms with Gasteiger partial charge in [0.1, 0.15) is 0 Å². The fourth-order valence-corrected chi connectivity index (χ4v) is 3.74. The van der Waals surface area contributed by atoms with E-state index in [4.69, 9.17) is 17.4 Å². The van der Waals surface area contributed by atoms with E-state index in [1.165, 1.54) is 12.2 Å². The molecule has 4 nitrogen and oxygen atoms in total. The molecule has 0 radical (unpaired) electrons. The smallest absolute Gasteiger partial charge is 0.0834 e. The van der Waals surface area contributed by atoms with Crippen molar-refractivity contribution in [3.63, 3.8) is 0 Å². The van der Waals surface area contributed by atoms with Crippen molar-refractivity contribution in [1.29, 1.82) is 0 Å². The van der Waals surface area contributed by atoms with Crippen molar-refractivity contribution < 1.29 is 0 Å². The molecule has 1 aromatic rings. The zero-order valence-electron chi connectivity index (χ0n) is 9.32. The van der Waals surface area contributed by atoms with Crippen LogP contribution in [0.3, 0.4) is 0 Å². The average molecular weight is 261 g/mol. The van der Waals surface area contributed by atoms with Crippen LogP contribution in [0.25, 0.3) is 0 Å². The number of hydrogen-bond donors (Lipinski definition) is 2. The Morgan fingerprint density at radius 3 is 3.19 bits per heavy atom. The lowest BCUT2D eigenvalue weighted by molar-refractivity contribution is 0.374. The molecule has 0 spiro atoms. The summed E-state index contributed by atoms with van der Waals surface area (Å²) in [6.07, 6.45) is 2.89. The molecule has 2 unspecified atom stereocenters. The molecular formula is C10H17ClN4S. The highest BCUT2D eigenvalue weighted by Gasteiger charge is 2.29. The lowest BCUT2D eigenvalue weighted by Gasteiger charge is -2.23. The van der Waals surface area contributed by atoms with Crippen LogP contribution in [0.1, 0.15) is 25.1 Å². The van der Waals surface area contributed by atoms with Crippen molar-refractivity contribution in [3.8, 4) is 0 Å². The molecule has 6 heteroatoms. The fraction of sp³-hybridized carbons (Fsp3) is 0.700. The number of aryl methyl sites for hydroxylation is 1. The Morgan fingerprint density at radius 1 is 1.81 bits per heavy atom. The summed E-state index contributed by atoms with van der Waals surface area (Å²) in [5.41, 5.74) is 3.93. The van der Waals surface area contributed by atoms with E-state index in [-0.39, 0.29) is 6.04 Å². The SMILES string of the molecule is CCn1ncc(Cl)c1C(NN)C1CCSC1. The maximum atomic E-state index is 6.19. The van der Waals surface area contributed by atoms with Gasteiger partial charge >= 0.3 is 0 Å². The van der Waals surface area contributed by atoms with Gasteiger partial charge in [-0.15, -0.1) is 0 Å². The summed E-state index contributed by atoms with van der Waals surface area (Å²) < 4.78 is 1.93. The fourth-order valence-electron chi connectivity index (χ4n) is 2.19. The molecule has 0 bridgehead atoms. The zero-order chi connectivity index (χ0) is 11.5. The van der Waals surface area contributed by atoms with Crippen molar-refractivity contribution in [2.45, 2.75) is 25.9 Å². The van der Waals surface area contributed by atoms with Crippen LogP contribution < -0.4 is 11.3 Å². The van der Waals surface area contributed by atoms with Crippen LogP contribution in [0.5, 0.6) is 0 Å². The van der Waals surface area contributed by atoms with Crippen molar-refractivity contribution in [2.75, 3.05) is 11.5 Å². The highest BCUT2D eigenvalue weighted by molar-refractivity contribution is 7.99. The second-order valence-electron chi connectivity index (χ2n) is 3.96. The predicted molar refractivity (Wildman–Crippen MR) is 68.4 cm³/mol. The van der Waals surface area contributed by atoms with E-state index in [0.717, 1.165) is 18.0 Å². The molecule has 2 heterocycles. The van der Waals surface area contributed by atoms with E-state index >= 15 is 0 Å². The zero-order valence-corrected chi connectivity index (χ0v) is 10.9. The number of halogens is 1. The van der Waals surface area contributed by atoms with Gasteiger partial charge in [0, 0.05) is 6.54 Å². The third kappa shape index (κ3) is 2.22. The second-order valence-corrected chi connectivity index (χ2v) is 5.52. The van der Waals surface area contributed by atoms with Crippen LogP contribution in [-0.4, -0.2) is 21.3 Å². The Morgan fingerprint density at radius 2 is 2.62 bits per heavy atom. The largest absolute Gasteiger partial charge is 0.271 e. The average Bonchev–Trinajstić information content (AvgIpc) is 2.91. The third-order valence-corrected chi connectivity index (χ3v) is 4.52. The normalized spacial score (nSPS) is 22.6. The summed E-state index contributed by atoms with van der Waals surface area (Å²) in [6.45, 7) is 2.88. The number of hydrazine groups is 1.